The minimum absolute atomic E-state index is 0.277. The fourth-order valence-electron chi connectivity index (χ4n) is 2.82. The van der Waals surface area contributed by atoms with Crippen LogP contribution in [-0.4, -0.2) is 23.5 Å². The Labute approximate surface area is 146 Å². The first-order valence-corrected chi connectivity index (χ1v) is 8.03. The summed E-state index contributed by atoms with van der Waals surface area (Å²) >= 11 is 0. The molecule has 2 aromatic carbocycles. The molecule has 0 atom stereocenters. The van der Waals surface area contributed by atoms with E-state index in [2.05, 4.69) is 10.3 Å². The Morgan fingerprint density at radius 2 is 1.92 bits per heavy atom. The van der Waals surface area contributed by atoms with E-state index in [4.69, 9.17) is 14.2 Å². The Morgan fingerprint density at radius 1 is 1.12 bits per heavy atom. The average molecular weight is 337 g/mol. The van der Waals surface area contributed by atoms with Gasteiger partial charge in [-0.05, 0) is 35.9 Å². The molecule has 25 heavy (non-hydrogen) atoms. The highest BCUT2D eigenvalue weighted by Gasteiger charge is 2.16. The van der Waals surface area contributed by atoms with E-state index < -0.39 is 0 Å². The Balaban J connectivity index is 1.50. The molecule has 1 aromatic heterocycles. The van der Waals surface area contributed by atoms with Crippen LogP contribution in [0.4, 0.5) is 5.95 Å². The van der Waals surface area contributed by atoms with Gasteiger partial charge in [0.2, 0.25) is 12.7 Å². The van der Waals surface area contributed by atoms with Gasteiger partial charge in [0, 0.05) is 19.2 Å². The van der Waals surface area contributed by atoms with Crippen molar-refractivity contribution in [1.82, 2.24) is 9.55 Å². The second kappa shape index (κ2) is 6.39. The summed E-state index contributed by atoms with van der Waals surface area (Å²) < 4.78 is 18.0. The van der Waals surface area contributed by atoms with Gasteiger partial charge < -0.3 is 24.1 Å². The largest absolute Gasteiger partial charge is 0.497 e. The SMILES string of the molecule is COc1ccc(CNc2ncc(-c3ccc4c(c3)OCO4)n2C)cc1. The van der Waals surface area contributed by atoms with Crippen LogP contribution in [0.15, 0.2) is 48.7 Å². The van der Waals surface area contributed by atoms with Gasteiger partial charge in [0.05, 0.1) is 19.0 Å². The number of nitrogens with zero attached hydrogens (tertiary/aromatic N) is 2. The number of aromatic nitrogens is 2. The number of methoxy groups -OCH3 is 1. The van der Waals surface area contributed by atoms with Crippen LogP contribution in [0.2, 0.25) is 0 Å². The molecule has 0 saturated heterocycles. The standard InChI is InChI=1S/C19H19N3O3/c1-22-16(14-5-8-17-18(9-14)25-12-24-17)11-21-19(22)20-10-13-3-6-15(23-2)7-4-13/h3-9,11H,10,12H2,1-2H3,(H,20,21). The van der Waals surface area contributed by atoms with E-state index in [1.807, 2.05) is 60.3 Å². The topological polar surface area (TPSA) is 57.5 Å². The molecular weight excluding hydrogens is 318 g/mol. The van der Waals surface area contributed by atoms with Crippen LogP contribution in [0, 0.1) is 0 Å². The van der Waals surface area contributed by atoms with Crippen molar-refractivity contribution in [3.8, 4) is 28.5 Å². The number of anilines is 1. The molecule has 0 unspecified atom stereocenters. The minimum Gasteiger partial charge on any atom is -0.497 e. The maximum Gasteiger partial charge on any atom is 0.231 e. The molecule has 3 aromatic rings. The fourth-order valence-corrected chi connectivity index (χ4v) is 2.82. The molecule has 6 nitrogen and oxygen atoms in total. The summed E-state index contributed by atoms with van der Waals surface area (Å²) in [7, 11) is 3.65. The maximum absolute atomic E-state index is 5.45. The second-order valence-corrected chi connectivity index (χ2v) is 5.80. The molecule has 0 spiro atoms. The molecule has 6 heteroatoms. The van der Waals surface area contributed by atoms with E-state index in [9.17, 15) is 0 Å². The lowest BCUT2D eigenvalue weighted by molar-refractivity contribution is 0.174. The normalized spacial score (nSPS) is 12.2. The zero-order valence-corrected chi connectivity index (χ0v) is 14.2. The summed E-state index contributed by atoms with van der Waals surface area (Å²) in [4.78, 5) is 4.49. The second-order valence-electron chi connectivity index (χ2n) is 5.80. The van der Waals surface area contributed by atoms with E-state index in [0.717, 1.165) is 40.0 Å². The van der Waals surface area contributed by atoms with Crippen molar-refractivity contribution in [2.75, 3.05) is 19.2 Å². The number of fused-ring (bicyclic) bond motifs is 1. The van der Waals surface area contributed by atoms with Crippen molar-refractivity contribution in [2.45, 2.75) is 6.54 Å². The van der Waals surface area contributed by atoms with Gasteiger partial charge >= 0.3 is 0 Å². The number of hydrogen-bond donors (Lipinski definition) is 1. The summed E-state index contributed by atoms with van der Waals surface area (Å²) in [5, 5.41) is 3.36. The maximum atomic E-state index is 5.45. The van der Waals surface area contributed by atoms with E-state index in [0.29, 0.717) is 6.54 Å². The zero-order chi connectivity index (χ0) is 17.2. The summed E-state index contributed by atoms with van der Waals surface area (Å²) in [5.74, 6) is 3.21. The van der Waals surface area contributed by atoms with Gasteiger partial charge in [-0.3, -0.25) is 0 Å². The molecule has 1 aliphatic heterocycles. The Bertz CT molecular complexity index is 887. The van der Waals surface area contributed by atoms with E-state index in [-0.39, 0.29) is 6.79 Å². The summed E-state index contributed by atoms with van der Waals surface area (Å²) in [5.41, 5.74) is 3.21. The number of hydrogen-bond acceptors (Lipinski definition) is 5. The Hall–Kier alpha value is -3.15. The molecule has 0 bridgehead atoms. The van der Waals surface area contributed by atoms with Crippen LogP contribution in [0.1, 0.15) is 5.56 Å². The predicted molar refractivity (Wildman–Crippen MR) is 95.1 cm³/mol. The predicted octanol–water partition coefficient (Wildman–Crippen LogP) is 3.44. The first-order valence-electron chi connectivity index (χ1n) is 8.03. The van der Waals surface area contributed by atoms with Crippen LogP contribution in [0.5, 0.6) is 17.2 Å². The lowest BCUT2D eigenvalue weighted by Crippen LogP contribution is -2.05. The van der Waals surface area contributed by atoms with Gasteiger partial charge in [-0.2, -0.15) is 0 Å². The third-order valence-corrected chi connectivity index (χ3v) is 4.27. The van der Waals surface area contributed by atoms with Crippen LogP contribution in [0.25, 0.3) is 11.3 Å². The number of nitrogens with one attached hydrogen (secondary N) is 1. The lowest BCUT2D eigenvalue weighted by atomic mass is 10.1. The summed E-state index contributed by atoms with van der Waals surface area (Å²) in [6.45, 7) is 0.967. The van der Waals surface area contributed by atoms with Crippen molar-refractivity contribution in [3.05, 3.63) is 54.2 Å². The van der Waals surface area contributed by atoms with Crippen molar-refractivity contribution >= 4 is 5.95 Å². The van der Waals surface area contributed by atoms with Crippen LogP contribution < -0.4 is 19.5 Å². The highest BCUT2D eigenvalue weighted by Crippen LogP contribution is 2.36. The first-order chi connectivity index (χ1) is 12.2. The zero-order valence-electron chi connectivity index (χ0n) is 14.2. The Kier molecular flexibility index (Phi) is 3.93. The van der Waals surface area contributed by atoms with Gasteiger partial charge in [-0.1, -0.05) is 12.1 Å². The molecule has 1 N–H and O–H groups in total. The van der Waals surface area contributed by atoms with Crippen molar-refractivity contribution in [3.63, 3.8) is 0 Å². The van der Waals surface area contributed by atoms with Crippen LogP contribution in [0.3, 0.4) is 0 Å². The summed E-state index contributed by atoms with van der Waals surface area (Å²) in [6, 6.07) is 13.9. The number of benzene rings is 2. The number of imidazole rings is 1. The van der Waals surface area contributed by atoms with Crippen molar-refractivity contribution < 1.29 is 14.2 Å². The molecule has 2 heterocycles. The van der Waals surface area contributed by atoms with Gasteiger partial charge in [0.25, 0.3) is 0 Å². The van der Waals surface area contributed by atoms with Gasteiger partial charge in [0.15, 0.2) is 11.5 Å². The molecule has 0 fully saturated rings. The monoisotopic (exact) mass is 337 g/mol. The molecule has 0 amide bonds. The first kappa shape index (κ1) is 15.4. The van der Waals surface area contributed by atoms with Crippen molar-refractivity contribution in [2.24, 2.45) is 7.05 Å². The van der Waals surface area contributed by atoms with Crippen LogP contribution >= 0.6 is 0 Å². The number of rotatable bonds is 5. The molecule has 0 aliphatic carbocycles. The molecule has 0 saturated carbocycles. The third kappa shape index (κ3) is 2.98. The molecule has 128 valence electrons. The van der Waals surface area contributed by atoms with E-state index in [1.54, 1.807) is 7.11 Å². The third-order valence-electron chi connectivity index (χ3n) is 4.27. The van der Waals surface area contributed by atoms with E-state index in [1.165, 1.54) is 0 Å². The number of ether oxygens (including phenoxy) is 3. The Morgan fingerprint density at radius 3 is 2.72 bits per heavy atom. The van der Waals surface area contributed by atoms with Crippen LogP contribution in [-0.2, 0) is 13.6 Å². The highest BCUT2D eigenvalue weighted by atomic mass is 16.7. The molecule has 0 radical (unpaired) electrons. The minimum atomic E-state index is 0.277. The molecule has 4 rings (SSSR count). The smallest absolute Gasteiger partial charge is 0.231 e. The van der Waals surface area contributed by atoms with Gasteiger partial charge in [0.1, 0.15) is 5.75 Å². The summed E-state index contributed by atoms with van der Waals surface area (Å²) in [6.07, 6.45) is 1.86. The van der Waals surface area contributed by atoms with Gasteiger partial charge in [-0.25, -0.2) is 4.98 Å². The van der Waals surface area contributed by atoms with Gasteiger partial charge in [-0.15, -0.1) is 0 Å². The quantitative estimate of drug-likeness (QED) is 0.773. The van der Waals surface area contributed by atoms with E-state index >= 15 is 0 Å². The fraction of sp³-hybridized carbons (Fsp3) is 0.211. The molecular formula is C19H19N3O3. The average Bonchev–Trinajstić information content (AvgIpc) is 3.26. The lowest BCUT2D eigenvalue weighted by Gasteiger charge is -2.09. The molecule has 1 aliphatic rings. The highest BCUT2D eigenvalue weighted by molar-refractivity contribution is 5.66. The van der Waals surface area contributed by atoms with Crippen molar-refractivity contribution in [1.29, 1.82) is 0 Å².